The molecule has 0 radical (unpaired) electrons. The number of H-pyrrole nitrogens is 1. The van der Waals surface area contributed by atoms with E-state index in [4.69, 9.17) is 23.9 Å². The lowest BCUT2D eigenvalue weighted by Crippen LogP contribution is -2.22. The van der Waals surface area contributed by atoms with E-state index in [2.05, 4.69) is 27.6 Å². The summed E-state index contributed by atoms with van der Waals surface area (Å²) in [5.74, 6) is 0.909. The lowest BCUT2D eigenvalue weighted by Gasteiger charge is -2.18. The van der Waals surface area contributed by atoms with Crippen LogP contribution in [0.4, 0.5) is 10.2 Å². The number of hydrogen-bond acceptors (Lipinski definition) is 10. The number of fused-ring (bicyclic) bond motifs is 6. The molecule has 4 aliphatic rings. The monoisotopic (exact) mass is 702 g/mol. The summed E-state index contributed by atoms with van der Waals surface area (Å²) in [4.78, 5) is 39.4. The fourth-order valence-corrected chi connectivity index (χ4v) is 9.65. The molecule has 3 atom stereocenters. The van der Waals surface area contributed by atoms with Crippen molar-refractivity contribution >= 4 is 33.1 Å². The minimum atomic E-state index is -0.708. The Labute approximate surface area is 294 Å². The van der Waals surface area contributed by atoms with Gasteiger partial charge < -0.3 is 24.1 Å². The Morgan fingerprint density at radius 1 is 1.10 bits per heavy atom. The number of rotatable bonds is 7. The second-order valence-electron chi connectivity index (χ2n) is 13.5. The number of ether oxygens (including phenoxy) is 2. The number of aromatic nitrogens is 4. The van der Waals surface area contributed by atoms with E-state index < -0.39 is 5.76 Å². The van der Waals surface area contributed by atoms with Gasteiger partial charge in [0.15, 0.2) is 0 Å². The molecule has 4 aromatic heterocycles. The molecule has 1 fully saturated rings. The molecular formula is C38H31FN6O5S. The van der Waals surface area contributed by atoms with Gasteiger partial charge in [-0.1, -0.05) is 18.2 Å². The number of pyridine rings is 2. The molecule has 1 saturated heterocycles. The van der Waals surface area contributed by atoms with Crippen molar-refractivity contribution in [2.75, 3.05) is 25.6 Å². The summed E-state index contributed by atoms with van der Waals surface area (Å²) in [5.41, 5.74) is 6.30. The van der Waals surface area contributed by atoms with Crippen LogP contribution in [0.2, 0.25) is 0 Å². The van der Waals surface area contributed by atoms with Crippen molar-refractivity contribution in [1.82, 2.24) is 25.1 Å². The Morgan fingerprint density at radius 3 is 2.88 bits per heavy atom. The van der Waals surface area contributed by atoms with Crippen LogP contribution in [-0.4, -0.2) is 51.2 Å². The summed E-state index contributed by atoms with van der Waals surface area (Å²) in [7, 11) is 1.70. The number of amides is 1. The molecule has 2 N–H and O–H groups in total. The van der Waals surface area contributed by atoms with Gasteiger partial charge in [-0.05, 0) is 66.5 Å². The largest absolute Gasteiger partial charge is 0.496 e. The summed E-state index contributed by atoms with van der Waals surface area (Å²) < 4.78 is 32.2. The number of halogens is 1. The van der Waals surface area contributed by atoms with Gasteiger partial charge in [-0.3, -0.25) is 9.78 Å². The van der Waals surface area contributed by atoms with Gasteiger partial charge in [-0.25, -0.2) is 19.3 Å². The highest BCUT2D eigenvalue weighted by Crippen LogP contribution is 2.51. The zero-order chi connectivity index (χ0) is 34.4. The maximum atomic E-state index is 14.3. The first kappa shape index (κ1) is 30.3. The molecule has 11 nitrogen and oxygen atoms in total. The van der Waals surface area contributed by atoms with Crippen LogP contribution in [-0.2, 0) is 12.8 Å². The molecule has 6 aromatic rings. The Morgan fingerprint density at radius 2 is 2.02 bits per heavy atom. The van der Waals surface area contributed by atoms with Crippen molar-refractivity contribution < 1.29 is 23.1 Å². The first-order valence-corrected chi connectivity index (χ1v) is 17.9. The SMILES string of the molecule is COc1cccc2c1CC[C@H]2Nc1nccc2cc(-c3c4c(nc(C[C@H]5COc6cc(F)ccc65)c3-c3n[nH]c(=O)o3)[C@@H]3CCCN3C4=O)sc12. The minimum absolute atomic E-state index is 0.0585. The number of methoxy groups -OCH3 is 1. The van der Waals surface area contributed by atoms with E-state index >= 15 is 0 Å². The molecule has 1 aliphatic carbocycles. The van der Waals surface area contributed by atoms with Gasteiger partial charge in [0.05, 0.1) is 53.0 Å². The first-order valence-electron chi connectivity index (χ1n) is 17.1. The van der Waals surface area contributed by atoms with Crippen LogP contribution in [0.1, 0.15) is 75.7 Å². The van der Waals surface area contributed by atoms with Crippen LogP contribution in [0.5, 0.6) is 11.5 Å². The molecule has 0 bridgehead atoms. The highest BCUT2D eigenvalue weighted by molar-refractivity contribution is 7.23. The summed E-state index contributed by atoms with van der Waals surface area (Å²) in [6.45, 7) is 0.986. The highest BCUT2D eigenvalue weighted by Gasteiger charge is 2.45. The Balaban J connectivity index is 1.15. The van der Waals surface area contributed by atoms with Gasteiger partial charge in [0.25, 0.3) is 11.8 Å². The summed E-state index contributed by atoms with van der Waals surface area (Å²) in [6, 6.07) is 14.7. The maximum absolute atomic E-state index is 14.3. The quantitative estimate of drug-likeness (QED) is 0.181. The third-order valence-corrected chi connectivity index (χ3v) is 11.9. The maximum Gasteiger partial charge on any atom is 0.434 e. The molecule has 1 amide bonds. The Kier molecular flexibility index (Phi) is 6.82. The van der Waals surface area contributed by atoms with Gasteiger partial charge in [0, 0.05) is 47.2 Å². The van der Waals surface area contributed by atoms with Gasteiger partial charge in [-0.15, -0.1) is 16.4 Å². The third-order valence-electron chi connectivity index (χ3n) is 10.7. The number of nitrogens with zero attached hydrogens (tertiary/aromatic N) is 4. The lowest BCUT2D eigenvalue weighted by molar-refractivity contribution is 0.0776. The van der Waals surface area contributed by atoms with E-state index in [1.807, 2.05) is 23.1 Å². The third kappa shape index (κ3) is 4.70. The molecule has 256 valence electrons. The fourth-order valence-electron chi connectivity index (χ4n) is 8.48. The van der Waals surface area contributed by atoms with E-state index in [0.717, 1.165) is 63.5 Å². The average Bonchev–Trinajstić information content (AvgIpc) is 3.99. The summed E-state index contributed by atoms with van der Waals surface area (Å²) in [5, 5.41) is 11.4. The molecule has 0 saturated carbocycles. The summed E-state index contributed by atoms with van der Waals surface area (Å²) >= 11 is 1.53. The van der Waals surface area contributed by atoms with E-state index in [1.54, 1.807) is 19.4 Å². The Hall–Kier alpha value is -5.56. The summed E-state index contributed by atoms with van der Waals surface area (Å²) in [6.07, 6.45) is 5.71. The molecule has 13 heteroatoms. The van der Waals surface area contributed by atoms with Gasteiger partial charge in [0.2, 0.25) is 0 Å². The highest BCUT2D eigenvalue weighted by atomic mass is 32.1. The number of hydrogen-bond donors (Lipinski definition) is 2. The van der Waals surface area contributed by atoms with Crippen molar-refractivity contribution in [3.8, 4) is 33.4 Å². The standard InChI is InChI=1S/C38H31FN6O5S/c1-48-27-6-2-4-22-23(27)9-10-24(22)42-35-34-18(11-12-40-35)15-29(51-34)31-30(36-43-44-38(47)50-36)25(14-19-17-49-28-16-20(39)7-8-21(19)28)41-33-26-5-3-13-45(26)37(46)32(31)33/h2,4,6-8,11-12,15-16,19,24,26H,3,5,9-10,13-14,17H2,1H3,(H,40,42)(H,44,47)/t19-,24+,26-/m0/s1. The van der Waals surface area contributed by atoms with Crippen LogP contribution in [0.25, 0.3) is 32.0 Å². The van der Waals surface area contributed by atoms with Gasteiger partial charge >= 0.3 is 5.76 Å². The zero-order valence-electron chi connectivity index (χ0n) is 27.5. The molecule has 0 spiro atoms. The van der Waals surface area contributed by atoms with Gasteiger partial charge in [0.1, 0.15) is 23.1 Å². The Bertz CT molecular complexity index is 2470. The molecule has 10 rings (SSSR count). The van der Waals surface area contributed by atoms with E-state index in [1.165, 1.54) is 34.6 Å². The van der Waals surface area contributed by atoms with Crippen molar-refractivity contribution in [3.05, 3.63) is 105 Å². The molecule has 2 aromatic carbocycles. The molecular weight excluding hydrogens is 672 g/mol. The zero-order valence-corrected chi connectivity index (χ0v) is 28.3. The van der Waals surface area contributed by atoms with E-state index in [-0.39, 0.29) is 35.6 Å². The van der Waals surface area contributed by atoms with Crippen molar-refractivity contribution in [3.63, 3.8) is 0 Å². The van der Waals surface area contributed by atoms with Crippen LogP contribution >= 0.6 is 11.3 Å². The molecule has 51 heavy (non-hydrogen) atoms. The van der Waals surface area contributed by atoms with Crippen LogP contribution in [0.3, 0.4) is 0 Å². The predicted molar refractivity (Wildman–Crippen MR) is 188 cm³/mol. The second-order valence-corrected chi connectivity index (χ2v) is 14.5. The molecule has 0 unspecified atom stereocenters. The minimum Gasteiger partial charge on any atom is -0.496 e. The predicted octanol–water partition coefficient (Wildman–Crippen LogP) is 6.96. The molecule has 7 heterocycles. The smallest absolute Gasteiger partial charge is 0.434 e. The van der Waals surface area contributed by atoms with E-state index in [0.29, 0.717) is 47.7 Å². The average molecular weight is 703 g/mol. The number of anilines is 1. The number of aromatic amines is 1. The van der Waals surface area contributed by atoms with Crippen LogP contribution < -0.4 is 20.5 Å². The normalized spacial score (nSPS) is 20.0. The van der Waals surface area contributed by atoms with Crippen LogP contribution in [0.15, 0.2) is 63.9 Å². The number of benzene rings is 2. The lowest BCUT2D eigenvalue weighted by atomic mass is 9.89. The molecule has 3 aliphatic heterocycles. The topological polar surface area (TPSA) is 135 Å². The number of nitrogens with one attached hydrogen (secondary N) is 2. The number of carbonyl (C=O) groups excluding carboxylic acids is 1. The van der Waals surface area contributed by atoms with Crippen LogP contribution in [0, 0.1) is 5.82 Å². The van der Waals surface area contributed by atoms with Crippen molar-refractivity contribution in [1.29, 1.82) is 0 Å². The van der Waals surface area contributed by atoms with Crippen molar-refractivity contribution in [2.45, 2.75) is 50.1 Å². The second kappa shape index (κ2) is 11.5. The first-order chi connectivity index (χ1) is 24.9. The van der Waals surface area contributed by atoms with E-state index in [9.17, 15) is 14.0 Å². The van der Waals surface area contributed by atoms with Gasteiger partial charge in [-0.2, -0.15) is 0 Å². The fraction of sp³-hybridized carbons (Fsp3) is 0.289. The van der Waals surface area contributed by atoms with Crippen molar-refractivity contribution in [2.24, 2.45) is 0 Å². The number of thiophene rings is 1. The number of carbonyl (C=O) groups is 1.